The fraction of sp³-hybridized carbons (Fsp3) is 0.0667. The van der Waals surface area contributed by atoms with Crippen molar-refractivity contribution in [1.29, 1.82) is 0 Å². The van der Waals surface area contributed by atoms with E-state index in [0.717, 1.165) is 0 Å². The molecule has 0 fully saturated rings. The summed E-state index contributed by atoms with van der Waals surface area (Å²) >= 11 is 5.80. The van der Waals surface area contributed by atoms with Gasteiger partial charge in [-0.05, 0) is 24.3 Å². The van der Waals surface area contributed by atoms with Gasteiger partial charge in [-0.15, -0.1) is 0 Å². The second kappa shape index (κ2) is 4.52. The van der Waals surface area contributed by atoms with Gasteiger partial charge in [0.15, 0.2) is 0 Å². The number of benzene rings is 1. The first-order chi connectivity index (χ1) is 9.16. The first-order valence-electron chi connectivity index (χ1n) is 5.87. The standard InChI is InChI=1S/C15H10ClNO2/c16-11-5-7-12(8-6-11)17-14(18)9-13(15(17)19)10-3-1-2-4-10/h1-10H. The number of imide groups is 1. The number of nitrogens with zero attached hydrogens (tertiary/aromatic N) is 1. The van der Waals surface area contributed by atoms with Crippen molar-refractivity contribution in [3.8, 4) is 0 Å². The summed E-state index contributed by atoms with van der Waals surface area (Å²) in [6, 6.07) is 6.64. The minimum Gasteiger partial charge on any atom is -0.269 e. The van der Waals surface area contributed by atoms with Gasteiger partial charge in [0.25, 0.3) is 11.8 Å². The second-order valence-corrected chi connectivity index (χ2v) is 4.79. The van der Waals surface area contributed by atoms with Crippen LogP contribution in [0.1, 0.15) is 0 Å². The third-order valence-electron chi connectivity index (χ3n) is 3.14. The van der Waals surface area contributed by atoms with Gasteiger partial charge < -0.3 is 0 Å². The molecule has 19 heavy (non-hydrogen) atoms. The van der Waals surface area contributed by atoms with Crippen LogP contribution >= 0.6 is 11.6 Å². The van der Waals surface area contributed by atoms with Gasteiger partial charge in [-0.3, -0.25) is 9.59 Å². The Kier molecular flexibility index (Phi) is 2.84. The highest BCUT2D eigenvalue weighted by Gasteiger charge is 2.34. The Hall–Kier alpha value is -2.13. The van der Waals surface area contributed by atoms with Gasteiger partial charge in [0.1, 0.15) is 0 Å². The summed E-state index contributed by atoms with van der Waals surface area (Å²) in [5, 5.41) is 0.567. The van der Waals surface area contributed by atoms with Crippen molar-refractivity contribution in [3.05, 3.63) is 65.2 Å². The van der Waals surface area contributed by atoms with E-state index in [1.165, 1.54) is 11.0 Å². The molecule has 94 valence electrons. The van der Waals surface area contributed by atoms with Crippen LogP contribution in [0.4, 0.5) is 5.69 Å². The lowest BCUT2D eigenvalue weighted by Gasteiger charge is -2.15. The molecule has 4 heteroatoms. The van der Waals surface area contributed by atoms with E-state index in [9.17, 15) is 9.59 Å². The maximum atomic E-state index is 12.3. The summed E-state index contributed by atoms with van der Waals surface area (Å²) in [6.45, 7) is 0. The molecule has 0 spiro atoms. The van der Waals surface area contributed by atoms with Gasteiger partial charge in [-0.1, -0.05) is 35.9 Å². The number of allylic oxidation sites excluding steroid dienone is 4. The van der Waals surface area contributed by atoms with E-state index in [4.69, 9.17) is 11.6 Å². The zero-order valence-electron chi connectivity index (χ0n) is 9.92. The third kappa shape index (κ3) is 2.02. The molecule has 0 saturated heterocycles. The number of hydrogen-bond acceptors (Lipinski definition) is 2. The molecule has 1 aliphatic heterocycles. The van der Waals surface area contributed by atoms with Crippen LogP contribution < -0.4 is 4.90 Å². The molecule has 2 amide bonds. The number of carbonyl (C=O) groups excluding carboxylic acids is 2. The number of halogens is 1. The Morgan fingerprint density at radius 3 is 2.26 bits per heavy atom. The van der Waals surface area contributed by atoms with Crippen molar-refractivity contribution in [2.45, 2.75) is 0 Å². The van der Waals surface area contributed by atoms with Crippen molar-refractivity contribution in [3.63, 3.8) is 0 Å². The fourth-order valence-electron chi connectivity index (χ4n) is 2.20. The predicted molar refractivity (Wildman–Crippen MR) is 73.8 cm³/mol. The first-order valence-corrected chi connectivity index (χ1v) is 6.25. The normalized spacial score (nSPS) is 18.6. The highest BCUT2D eigenvalue weighted by Crippen LogP contribution is 2.29. The molecule has 0 N–H and O–H groups in total. The van der Waals surface area contributed by atoms with Crippen molar-refractivity contribution < 1.29 is 9.59 Å². The highest BCUT2D eigenvalue weighted by atomic mass is 35.5. The summed E-state index contributed by atoms with van der Waals surface area (Å²) < 4.78 is 0. The van der Waals surface area contributed by atoms with Crippen LogP contribution in [0.25, 0.3) is 0 Å². The van der Waals surface area contributed by atoms with Gasteiger partial charge in [-0.25, -0.2) is 4.90 Å². The molecular weight excluding hydrogens is 262 g/mol. The maximum absolute atomic E-state index is 12.3. The molecule has 3 nitrogen and oxygen atoms in total. The summed E-state index contributed by atoms with van der Waals surface area (Å²) in [5.74, 6) is -0.682. The molecule has 0 bridgehead atoms. The van der Waals surface area contributed by atoms with Gasteiger partial charge in [-0.2, -0.15) is 0 Å². The first kappa shape index (κ1) is 11.9. The largest absolute Gasteiger partial charge is 0.269 e. The van der Waals surface area contributed by atoms with Crippen LogP contribution in [-0.4, -0.2) is 11.8 Å². The quantitative estimate of drug-likeness (QED) is 0.776. The number of amides is 2. The molecule has 0 aromatic heterocycles. The molecule has 1 aliphatic carbocycles. The molecule has 1 aromatic carbocycles. The predicted octanol–water partition coefficient (Wildman–Crippen LogP) is 2.88. The number of anilines is 1. The SMILES string of the molecule is O=C1C=C(C2C=CC=C2)C(=O)N1c1ccc(Cl)cc1. The Balaban J connectivity index is 1.92. The van der Waals surface area contributed by atoms with E-state index < -0.39 is 0 Å². The summed E-state index contributed by atoms with van der Waals surface area (Å²) in [6.07, 6.45) is 8.93. The van der Waals surface area contributed by atoms with Crippen molar-refractivity contribution in [2.75, 3.05) is 4.90 Å². The maximum Gasteiger partial charge on any atom is 0.262 e. The Labute approximate surface area is 115 Å². The van der Waals surface area contributed by atoms with Crippen LogP contribution in [0, 0.1) is 5.92 Å². The third-order valence-corrected chi connectivity index (χ3v) is 3.39. The average Bonchev–Trinajstić information content (AvgIpc) is 3.00. The molecule has 0 atom stereocenters. The second-order valence-electron chi connectivity index (χ2n) is 4.35. The van der Waals surface area contributed by atoms with Crippen LogP contribution in [-0.2, 0) is 9.59 Å². The molecule has 3 rings (SSSR count). The number of hydrogen-bond donors (Lipinski definition) is 0. The average molecular weight is 272 g/mol. The van der Waals surface area contributed by atoms with E-state index in [1.54, 1.807) is 24.3 Å². The van der Waals surface area contributed by atoms with Crippen LogP contribution in [0.2, 0.25) is 5.02 Å². The van der Waals surface area contributed by atoms with Crippen molar-refractivity contribution in [1.82, 2.24) is 0 Å². The van der Waals surface area contributed by atoms with Crippen LogP contribution in [0.15, 0.2) is 60.2 Å². The number of carbonyl (C=O) groups is 2. The minimum absolute atomic E-state index is 0.103. The zero-order chi connectivity index (χ0) is 13.4. The van der Waals surface area contributed by atoms with Gasteiger partial charge in [0.2, 0.25) is 0 Å². The lowest BCUT2D eigenvalue weighted by molar-refractivity contribution is -0.120. The van der Waals surface area contributed by atoms with E-state index in [0.29, 0.717) is 16.3 Å². The lowest BCUT2D eigenvalue weighted by atomic mass is 10.0. The van der Waals surface area contributed by atoms with Gasteiger partial charge in [0.05, 0.1) is 5.69 Å². The molecule has 1 heterocycles. The minimum atomic E-state index is -0.309. The van der Waals surface area contributed by atoms with E-state index >= 15 is 0 Å². The van der Waals surface area contributed by atoms with Crippen molar-refractivity contribution in [2.24, 2.45) is 5.92 Å². The van der Waals surface area contributed by atoms with Gasteiger partial charge >= 0.3 is 0 Å². The van der Waals surface area contributed by atoms with Gasteiger partial charge in [0, 0.05) is 22.6 Å². The zero-order valence-corrected chi connectivity index (χ0v) is 10.7. The highest BCUT2D eigenvalue weighted by molar-refractivity contribution is 6.32. The summed E-state index contributed by atoms with van der Waals surface area (Å²) in [5.41, 5.74) is 1.04. The monoisotopic (exact) mass is 271 g/mol. The van der Waals surface area contributed by atoms with E-state index in [-0.39, 0.29) is 17.7 Å². The smallest absolute Gasteiger partial charge is 0.262 e. The van der Waals surface area contributed by atoms with Crippen molar-refractivity contribution >= 4 is 29.1 Å². The van der Waals surface area contributed by atoms with Crippen LogP contribution in [0.5, 0.6) is 0 Å². The van der Waals surface area contributed by atoms with Crippen LogP contribution in [0.3, 0.4) is 0 Å². The molecule has 2 aliphatic rings. The van der Waals surface area contributed by atoms with E-state index in [1.807, 2.05) is 24.3 Å². The molecule has 0 saturated carbocycles. The summed E-state index contributed by atoms with van der Waals surface area (Å²) in [4.78, 5) is 25.5. The lowest BCUT2D eigenvalue weighted by Crippen LogP contribution is -2.31. The molecule has 0 radical (unpaired) electrons. The molecule has 1 aromatic rings. The fourth-order valence-corrected chi connectivity index (χ4v) is 2.33. The Bertz CT molecular complexity index is 629. The Morgan fingerprint density at radius 2 is 1.63 bits per heavy atom. The topological polar surface area (TPSA) is 37.4 Å². The Morgan fingerprint density at radius 1 is 1.00 bits per heavy atom. The molecular formula is C15H10ClNO2. The van der Waals surface area contributed by atoms with E-state index in [2.05, 4.69) is 0 Å². The molecule has 0 unspecified atom stereocenters. The number of rotatable bonds is 2. The summed E-state index contributed by atoms with van der Waals surface area (Å²) in [7, 11) is 0.